The largest absolute Gasteiger partial charge is 0.508 e. The van der Waals surface area contributed by atoms with Gasteiger partial charge in [0, 0.05) is 18.3 Å². The van der Waals surface area contributed by atoms with E-state index >= 15 is 0 Å². The summed E-state index contributed by atoms with van der Waals surface area (Å²) >= 11 is 0. The Bertz CT molecular complexity index is 685. The van der Waals surface area contributed by atoms with E-state index in [0.29, 0.717) is 16.8 Å². The highest BCUT2D eigenvalue weighted by Gasteiger charge is 2.14. The van der Waals surface area contributed by atoms with Gasteiger partial charge in [0.25, 0.3) is 5.91 Å². The molecular weight excluding hydrogens is 252 g/mol. The highest BCUT2D eigenvalue weighted by molar-refractivity contribution is 6.06. The van der Waals surface area contributed by atoms with Gasteiger partial charge in [-0.1, -0.05) is 6.07 Å². The van der Waals surface area contributed by atoms with Crippen molar-refractivity contribution in [1.82, 2.24) is 0 Å². The SMILES string of the molecule is Cc1ccc(C(=O)N(C)c2ccc(C#N)cc2)cc1O. The van der Waals surface area contributed by atoms with E-state index in [-0.39, 0.29) is 11.7 Å². The lowest BCUT2D eigenvalue weighted by atomic mass is 10.1. The number of amides is 1. The second kappa shape index (κ2) is 5.45. The molecule has 0 atom stereocenters. The molecule has 0 radical (unpaired) electrons. The molecule has 0 unspecified atom stereocenters. The molecule has 2 aromatic rings. The molecule has 0 bridgehead atoms. The van der Waals surface area contributed by atoms with Gasteiger partial charge in [-0.05, 0) is 48.9 Å². The van der Waals surface area contributed by atoms with Crippen LogP contribution in [0.1, 0.15) is 21.5 Å². The summed E-state index contributed by atoms with van der Waals surface area (Å²) in [5.41, 5.74) is 2.37. The van der Waals surface area contributed by atoms with E-state index in [9.17, 15) is 9.90 Å². The van der Waals surface area contributed by atoms with E-state index in [0.717, 1.165) is 5.56 Å². The van der Waals surface area contributed by atoms with Crippen molar-refractivity contribution >= 4 is 11.6 Å². The molecule has 20 heavy (non-hydrogen) atoms. The number of nitriles is 1. The maximum absolute atomic E-state index is 12.3. The topological polar surface area (TPSA) is 64.3 Å². The van der Waals surface area contributed by atoms with Crippen molar-refractivity contribution in [3.8, 4) is 11.8 Å². The Morgan fingerprint density at radius 1 is 1.20 bits per heavy atom. The molecule has 100 valence electrons. The lowest BCUT2D eigenvalue weighted by Crippen LogP contribution is -2.26. The minimum atomic E-state index is -0.218. The quantitative estimate of drug-likeness (QED) is 0.909. The second-order valence-corrected chi connectivity index (χ2v) is 4.52. The Labute approximate surface area is 117 Å². The Kier molecular flexibility index (Phi) is 3.72. The molecule has 0 heterocycles. The highest BCUT2D eigenvalue weighted by Crippen LogP contribution is 2.21. The summed E-state index contributed by atoms with van der Waals surface area (Å²) in [6, 6.07) is 13.6. The van der Waals surface area contributed by atoms with Gasteiger partial charge in [0.05, 0.1) is 11.6 Å². The fourth-order valence-corrected chi connectivity index (χ4v) is 1.81. The van der Waals surface area contributed by atoms with Gasteiger partial charge in [0.1, 0.15) is 5.75 Å². The van der Waals surface area contributed by atoms with Gasteiger partial charge < -0.3 is 10.0 Å². The van der Waals surface area contributed by atoms with Crippen LogP contribution in [-0.4, -0.2) is 18.1 Å². The predicted octanol–water partition coefficient (Wildman–Crippen LogP) is 2.85. The van der Waals surface area contributed by atoms with Crippen LogP contribution in [0.3, 0.4) is 0 Å². The molecule has 1 N–H and O–H groups in total. The average molecular weight is 266 g/mol. The molecule has 2 rings (SSSR count). The van der Waals surface area contributed by atoms with Crippen LogP contribution in [0.4, 0.5) is 5.69 Å². The number of phenols is 1. The van der Waals surface area contributed by atoms with Crippen LogP contribution >= 0.6 is 0 Å². The number of nitrogens with zero attached hydrogens (tertiary/aromatic N) is 2. The van der Waals surface area contributed by atoms with Crippen LogP contribution in [0, 0.1) is 18.3 Å². The van der Waals surface area contributed by atoms with Crippen molar-refractivity contribution in [2.24, 2.45) is 0 Å². The second-order valence-electron chi connectivity index (χ2n) is 4.52. The number of hydrogen-bond acceptors (Lipinski definition) is 3. The van der Waals surface area contributed by atoms with Gasteiger partial charge in [-0.15, -0.1) is 0 Å². The summed E-state index contributed by atoms with van der Waals surface area (Å²) in [7, 11) is 1.65. The number of aromatic hydroxyl groups is 1. The molecule has 4 heteroatoms. The molecule has 0 aliphatic rings. The minimum absolute atomic E-state index is 0.101. The number of rotatable bonds is 2. The maximum atomic E-state index is 12.3. The average Bonchev–Trinajstić information content (AvgIpc) is 2.48. The van der Waals surface area contributed by atoms with Crippen molar-refractivity contribution in [2.45, 2.75) is 6.92 Å². The number of benzene rings is 2. The third-order valence-electron chi connectivity index (χ3n) is 3.14. The molecule has 1 amide bonds. The standard InChI is InChI=1S/C16H14N2O2/c1-11-3-6-13(9-15(11)19)16(20)18(2)14-7-4-12(10-17)5-8-14/h3-9,19H,1-2H3. The van der Waals surface area contributed by atoms with Crippen LogP contribution in [-0.2, 0) is 0 Å². The number of hydrogen-bond donors (Lipinski definition) is 1. The van der Waals surface area contributed by atoms with Gasteiger partial charge >= 0.3 is 0 Å². The maximum Gasteiger partial charge on any atom is 0.258 e. The fourth-order valence-electron chi connectivity index (χ4n) is 1.81. The predicted molar refractivity (Wildman–Crippen MR) is 76.7 cm³/mol. The first-order valence-corrected chi connectivity index (χ1v) is 6.11. The first-order chi connectivity index (χ1) is 9.52. The number of phenolic OH excluding ortho intramolecular Hbond substituents is 1. The van der Waals surface area contributed by atoms with E-state index in [2.05, 4.69) is 0 Å². The van der Waals surface area contributed by atoms with Crippen molar-refractivity contribution in [1.29, 1.82) is 5.26 Å². The summed E-state index contributed by atoms with van der Waals surface area (Å²) in [6.45, 7) is 1.77. The van der Waals surface area contributed by atoms with Crippen molar-refractivity contribution in [2.75, 3.05) is 11.9 Å². The van der Waals surface area contributed by atoms with Crippen LogP contribution in [0.5, 0.6) is 5.75 Å². The van der Waals surface area contributed by atoms with Crippen LogP contribution in [0.25, 0.3) is 0 Å². The number of carbonyl (C=O) groups is 1. The summed E-state index contributed by atoms with van der Waals surface area (Å²) in [5, 5.41) is 18.4. The van der Waals surface area contributed by atoms with Crippen LogP contribution in [0.15, 0.2) is 42.5 Å². The van der Waals surface area contributed by atoms with Gasteiger partial charge in [0.15, 0.2) is 0 Å². The normalized spacial score (nSPS) is 9.85. The fraction of sp³-hybridized carbons (Fsp3) is 0.125. The van der Waals surface area contributed by atoms with Gasteiger partial charge in [-0.3, -0.25) is 4.79 Å². The highest BCUT2D eigenvalue weighted by atomic mass is 16.3. The first-order valence-electron chi connectivity index (χ1n) is 6.11. The molecule has 4 nitrogen and oxygen atoms in total. The monoisotopic (exact) mass is 266 g/mol. The Hall–Kier alpha value is -2.80. The van der Waals surface area contributed by atoms with Gasteiger partial charge in [-0.2, -0.15) is 5.26 Å². The molecule has 0 aromatic heterocycles. The number of aryl methyl sites for hydroxylation is 1. The zero-order chi connectivity index (χ0) is 14.7. The summed E-state index contributed by atoms with van der Waals surface area (Å²) in [5.74, 6) is -0.117. The molecule has 0 spiro atoms. The third-order valence-corrected chi connectivity index (χ3v) is 3.14. The zero-order valence-electron chi connectivity index (χ0n) is 11.3. The molecule has 0 aliphatic carbocycles. The van der Waals surface area contributed by atoms with Crippen molar-refractivity contribution < 1.29 is 9.90 Å². The minimum Gasteiger partial charge on any atom is -0.508 e. The third kappa shape index (κ3) is 2.62. The van der Waals surface area contributed by atoms with Gasteiger partial charge in [-0.25, -0.2) is 0 Å². The Balaban J connectivity index is 2.27. The van der Waals surface area contributed by atoms with Crippen LogP contribution in [0.2, 0.25) is 0 Å². The van der Waals surface area contributed by atoms with Crippen LogP contribution < -0.4 is 4.90 Å². The summed E-state index contributed by atoms with van der Waals surface area (Å²) in [4.78, 5) is 13.8. The first kappa shape index (κ1) is 13.6. The molecule has 0 fully saturated rings. The Morgan fingerprint density at radius 2 is 1.85 bits per heavy atom. The number of anilines is 1. The van der Waals surface area contributed by atoms with E-state index in [4.69, 9.17) is 5.26 Å². The van der Waals surface area contributed by atoms with Crippen molar-refractivity contribution in [3.05, 3.63) is 59.2 Å². The number of carbonyl (C=O) groups excluding carboxylic acids is 1. The Morgan fingerprint density at radius 3 is 2.40 bits per heavy atom. The lowest BCUT2D eigenvalue weighted by Gasteiger charge is -2.17. The van der Waals surface area contributed by atoms with E-state index in [1.807, 2.05) is 6.07 Å². The smallest absolute Gasteiger partial charge is 0.258 e. The van der Waals surface area contributed by atoms with E-state index < -0.39 is 0 Å². The van der Waals surface area contributed by atoms with E-state index in [1.54, 1.807) is 50.4 Å². The van der Waals surface area contributed by atoms with Gasteiger partial charge in [0.2, 0.25) is 0 Å². The molecule has 2 aromatic carbocycles. The molecule has 0 saturated carbocycles. The summed E-state index contributed by atoms with van der Waals surface area (Å²) in [6.07, 6.45) is 0. The molecule has 0 aliphatic heterocycles. The van der Waals surface area contributed by atoms with Crippen molar-refractivity contribution in [3.63, 3.8) is 0 Å². The molecular formula is C16H14N2O2. The lowest BCUT2D eigenvalue weighted by molar-refractivity contribution is 0.0992. The zero-order valence-corrected chi connectivity index (χ0v) is 11.3. The van der Waals surface area contributed by atoms with E-state index in [1.165, 1.54) is 11.0 Å². The summed E-state index contributed by atoms with van der Waals surface area (Å²) < 4.78 is 0. The molecule has 0 saturated heterocycles.